The zero-order chi connectivity index (χ0) is 17.6. The molecule has 4 nitrogen and oxygen atoms in total. The molecular formula is C19H29NO3. The van der Waals surface area contributed by atoms with Gasteiger partial charge < -0.3 is 4.74 Å². The number of ether oxygens (including phenoxy) is 1. The lowest BCUT2D eigenvalue weighted by Crippen LogP contribution is -2.50. The van der Waals surface area contributed by atoms with Gasteiger partial charge in [0.15, 0.2) is 5.78 Å². The SMILES string of the molecule is CCOC(=O)C(C)(c1ccc(C(=O)C(C)C)cc1)N(CC)CC. The van der Waals surface area contributed by atoms with Gasteiger partial charge in [-0.15, -0.1) is 0 Å². The fourth-order valence-electron chi connectivity index (χ4n) is 2.85. The van der Waals surface area contributed by atoms with Crippen molar-refractivity contribution in [3.05, 3.63) is 35.4 Å². The van der Waals surface area contributed by atoms with E-state index in [0.29, 0.717) is 12.2 Å². The first kappa shape index (κ1) is 19.4. The van der Waals surface area contributed by atoms with Crippen LogP contribution in [0.15, 0.2) is 24.3 Å². The van der Waals surface area contributed by atoms with Gasteiger partial charge in [0, 0.05) is 11.5 Å². The Bertz CT molecular complexity index is 532. The Hall–Kier alpha value is -1.68. The number of hydrogen-bond acceptors (Lipinski definition) is 4. The summed E-state index contributed by atoms with van der Waals surface area (Å²) < 4.78 is 5.31. The smallest absolute Gasteiger partial charge is 0.330 e. The minimum atomic E-state index is -0.848. The van der Waals surface area contributed by atoms with E-state index in [1.54, 1.807) is 12.1 Å². The van der Waals surface area contributed by atoms with Crippen molar-refractivity contribution >= 4 is 11.8 Å². The van der Waals surface area contributed by atoms with Gasteiger partial charge in [-0.3, -0.25) is 9.69 Å². The molecule has 0 bridgehead atoms. The third-order valence-corrected chi connectivity index (χ3v) is 4.32. The van der Waals surface area contributed by atoms with Gasteiger partial charge in [-0.25, -0.2) is 4.79 Å². The average Bonchev–Trinajstić information content (AvgIpc) is 2.55. The third-order valence-electron chi connectivity index (χ3n) is 4.32. The molecular weight excluding hydrogens is 290 g/mol. The van der Waals surface area contributed by atoms with Crippen molar-refractivity contribution in [2.45, 2.75) is 47.1 Å². The van der Waals surface area contributed by atoms with Crippen LogP contribution in [-0.4, -0.2) is 36.3 Å². The van der Waals surface area contributed by atoms with Gasteiger partial charge in [0.2, 0.25) is 0 Å². The van der Waals surface area contributed by atoms with Crippen molar-refractivity contribution < 1.29 is 14.3 Å². The van der Waals surface area contributed by atoms with E-state index in [1.807, 2.05) is 53.7 Å². The van der Waals surface area contributed by atoms with Crippen LogP contribution in [0.25, 0.3) is 0 Å². The number of benzene rings is 1. The highest BCUT2D eigenvalue weighted by Crippen LogP contribution is 2.30. The van der Waals surface area contributed by atoms with Crippen LogP contribution in [0, 0.1) is 5.92 Å². The largest absolute Gasteiger partial charge is 0.464 e. The average molecular weight is 319 g/mol. The van der Waals surface area contributed by atoms with Gasteiger partial charge in [0.05, 0.1) is 6.61 Å². The molecule has 0 heterocycles. The number of carbonyl (C=O) groups is 2. The van der Waals surface area contributed by atoms with E-state index < -0.39 is 5.54 Å². The number of carbonyl (C=O) groups excluding carboxylic acids is 2. The van der Waals surface area contributed by atoms with E-state index >= 15 is 0 Å². The Kier molecular flexibility index (Phi) is 6.95. The van der Waals surface area contributed by atoms with Gasteiger partial charge in [0.1, 0.15) is 5.54 Å². The monoisotopic (exact) mass is 319 g/mol. The Morgan fingerprint density at radius 2 is 1.61 bits per heavy atom. The normalized spacial score (nSPS) is 13.9. The molecule has 0 amide bonds. The molecule has 0 fully saturated rings. The summed E-state index contributed by atoms with van der Waals surface area (Å²) in [7, 11) is 0. The summed E-state index contributed by atoms with van der Waals surface area (Å²) in [6.45, 7) is 13.3. The summed E-state index contributed by atoms with van der Waals surface area (Å²) in [6, 6.07) is 7.34. The Morgan fingerprint density at radius 1 is 1.09 bits per heavy atom. The Balaban J connectivity index is 3.27. The molecule has 23 heavy (non-hydrogen) atoms. The van der Waals surface area contributed by atoms with Crippen LogP contribution < -0.4 is 0 Å². The number of esters is 1. The minimum absolute atomic E-state index is 0.0416. The number of nitrogens with zero attached hydrogens (tertiary/aromatic N) is 1. The highest BCUT2D eigenvalue weighted by Gasteiger charge is 2.41. The molecule has 1 atom stereocenters. The molecule has 1 aromatic rings. The summed E-state index contributed by atoms with van der Waals surface area (Å²) in [4.78, 5) is 26.8. The van der Waals surface area contributed by atoms with Crippen molar-refractivity contribution in [3.63, 3.8) is 0 Å². The molecule has 0 N–H and O–H groups in total. The fraction of sp³-hybridized carbons (Fsp3) is 0.579. The lowest BCUT2D eigenvalue weighted by atomic mass is 9.88. The van der Waals surface area contributed by atoms with Gasteiger partial charge in [-0.05, 0) is 32.5 Å². The highest BCUT2D eigenvalue weighted by atomic mass is 16.5. The summed E-state index contributed by atoms with van der Waals surface area (Å²) >= 11 is 0. The molecule has 128 valence electrons. The first-order valence-electron chi connectivity index (χ1n) is 8.39. The predicted molar refractivity (Wildman–Crippen MR) is 92.5 cm³/mol. The van der Waals surface area contributed by atoms with Crippen molar-refractivity contribution in [1.82, 2.24) is 4.90 Å². The summed E-state index contributed by atoms with van der Waals surface area (Å²) in [5.74, 6) is -0.191. The van der Waals surface area contributed by atoms with Crippen LogP contribution in [0.5, 0.6) is 0 Å². The van der Waals surface area contributed by atoms with E-state index in [1.165, 1.54) is 0 Å². The molecule has 0 radical (unpaired) electrons. The summed E-state index contributed by atoms with van der Waals surface area (Å²) in [5, 5.41) is 0. The zero-order valence-electron chi connectivity index (χ0n) is 15.2. The molecule has 0 spiro atoms. The van der Waals surface area contributed by atoms with Crippen LogP contribution in [-0.2, 0) is 15.1 Å². The lowest BCUT2D eigenvalue weighted by Gasteiger charge is -2.38. The van der Waals surface area contributed by atoms with Crippen LogP contribution in [0.2, 0.25) is 0 Å². The summed E-state index contributed by atoms with van der Waals surface area (Å²) in [5.41, 5.74) is 0.674. The fourth-order valence-corrected chi connectivity index (χ4v) is 2.85. The van der Waals surface area contributed by atoms with Gasteiger partial charge in [0.25, 0.3) is 0 Å². The quantitative estimate of drug-likeness (QED) is 0.542. The number of likely N-dealkylation sites (N-methyl/N-ethyl adjacent to an activating group) is 1. The second-order valence-corrected chi connectivity index (χ2v) is 6.06. The number of rotatable bonds is 8. The number of hydrogen-bond donors (Lipinski definition) is 0. The van der Waals surface area contributed by atoms with E-state index in [4.69, 9.17) is 4.74 Å². The van der Waals surface area contributed by atoms with Crippen molar-refractivity contribution in [1.29, 1.82) is 0 Å². The standard InChI is InChI=1S/C19H29NO3/c1-7-20(8-2)19(6,18(22)23-9-3)16-12-10-15(11-13-16)17(21)14(4)5/h10-14H,7-9H2,1-6H3. The number of ketones is 1. The van der Waals surface area contributed by atoms with E-state index in [0.717, 1.165) is 18.7 Å². The first-order valence-corrected chi connectivity index (χ1v) is 8.39. The molecule has 0 saturated carbocycles. The van der Waals surface area contributed by atoms with Gasteiger partial charge >= 0.3 is 5.97 Å². The van der Waals surface area contributed by atoms with Gasteiger partial charge in [-0.2, -0.15) is 0 Å². The van der Waals surface area contributed by atoms with Crippen LogP contribution >= 0.6 is 0 Å². The second-order valence-electron chi connectivity index (χ2n) is 6.06. The van der Waals surface area contributed by atoms with Crippen LogP contribution in [0.4, 0.5) is 0 Å². The van der Waals surface area contributed by atoms with Crippen molar-refractivity contribution in [3.8, 4) is 0 Å². The van der Waals surface area contributed by atoms with Crippen LogP contribution in [0.1, 0.15) is 57.5 Å². The predicted octanol–water partition coefficient (Wildman–Crippen LogP) is 3.65. The molecule has 0 aromatic heterocycles. The zero-order valence-corrected chi connectivity index (χ0v) is 15.2. The second kappa shape index (κ2) is 8.25. The highest BCUT2D eigenvalue weighted by molar-refractivity contribution is 5.97. The summed E-state index contributed by atoms with van der Waals surface area (Å²) in [6.07, 6.45) is 0. The first-order chi connectivity index (χ1) is 10.8. The minimum Gasteiger partial charge on any atom is -0.464 e. The maximum Gasteiger partial charge on any atom is 0.330 e. The topological polar surface area (TPSA) is 46.6 Å². The van der Waals surface area contributed by atoms with Crippen molar-refractivity contribution in [2.75, 3.05) is 19.7 Å². The van der Waals surface area contributed by atoms with Crippen LogP contribution in [0.3, 0.4) is 0 Å². The number of Topliss-reactive ketones (excluding diaryl/α,β-unsaturated/α-hetero) is 1. The Morgan fingerprint density at radius 3 is 2.00 bits per heavy atom. The third kappa shape index (κ3) is 3.99. The molecule has 1 rings (SSSR count). The molecule has 0 aliphatic rings. The van der Waals surface area contributed by atoms with E-state index in [9.17, 15) is 9.59 Å². The lowest BCUT2D eigenvalue weighted by molar-refractivity contribution is -0.157. The Labute approximate surface area is 139 Å². The molecule has 1 unspecified atom stereocenters. The van der Waals surface area contributed by atoms with E-state index in [-0.39, 0.29) is 17.7 Å². The molecule has 0 aliphatic carbocycles. The maximum atomic E-state index is 12.6. The molecule has 1 aromatic carbocycles. The van der Waals surface area contributed by atoms with Gasteiger partial charge in [-0.1, -0.05) is 52.0 Å². The molecule has 4 heteroatoms. The molecule has 0 saturated heterocycles. The van der Waals surface area contributed by atoms with Crippen molar-refractivity contribution in [2.24, 2.45) is 5.92 Å². The molecule has 0 aliphatic heterocycles. The van der Waals surface area contributed by atoms with E-state index in [2.05, 4.69) is 4.90 Å². The maximum absolute atomic E-state index is 12.6.